The summed E-state index contributed by atoms with van der Waals surface area (Å²) in [6, 6.07) is 8.13. The van der Waals surface area contributed by atoms with Gasteiger partial charge in [-0.25, -0.2) is 8.78 Å². The highest BCUT2D eigenvalue weighted by atomic mass is 19.2. The molecule has 0 bridgehead atoms. The van der Waals surface area contributed by atoms with Crippen molar-refractivity contribution in [1.29, 1.82) is 0 Å². The molecule has 1 aliphatic heterocycles. The standard InChI is InChI=1S/C19H18F2N2O4/c1-26-16-6-4-13(9-17(16)27-2)23-10-11(7-18(23)24)19(25)22-12-3-5-14(20)15(21)8-12/h3-6,8-9,11H,7,10H2,1-2H3,(H,22,25). The summed E-state index contributed by atoms with van der Waals surface area (Å²) >= 11 is 0. The fourth-order valence-electron chi connectivity index (χ4n) is 2.94. The molecule has 1 saturated heterocycles. The lowest BCUT2D eigenvalue weighted by Gasteiger charge is -2.18. The molecule has 2 aromatic rings. The Morgan fingerprint density at radius 3 is 2.48 bits per heavy atom. The quantitative estimate of drug-likeness (QED) is 0.871. The van der Waals surface area contributed by atoms with Crippen LogP contribution in [0.25, 0.3) is 0 Å². The van der Waals surface area contributed by atoms with E-state index in [4.69, 9.17) is 9.47 Å². The number of nitrogens with zero attached hydrogens (tertiary/aromatic N) is 1. The molecule has 0 aliphatic carbocycles. The van der Waals surface area contributed by atoms with Crippen molar-refractivity contribution in [3.8, 4) is 11.5 Å². The Morgan fingerprint density at radius 2 is 1.81 bits per heavy atom. The lowest BCUT2D eigenvalue weighted by molar-refractivity contribution is -0.122. The van der Waals surface area contributed by atoms with E-state index in [1.54, 1.807) is 18.2 Å². The van der Waals surface area contributed by atoms with Crippen molar-refractivity contribution in [1.82, 2.24) is 0 Å². The third-order valence-electron chi connectivity index (χ3n) is 4.36. The molecule has 0 saturated carbocycles. The molecule has 8 heteroatoms. The van der Waals surface area contributed by atoms with E-state index in [0.717, 1.165) is 12.1 Å². The number of benzene rings is 2. The van der Waals surface area contributed by atoms with Crippen LogP contribution in [0.5, 0.6) is 11.5 Å². The Hall–Kier alpha value is -3.16. The minimum absolute atomic E-state index is 0.0177. The van der Waals surface area contributed by atoms with E-state index in [0.29, 0.717) is 17.2 Å². The van der Waals surface area contributed by atoms with Gasteiger partial charge in [0.1, 0.15) is 0 Å². The van der Waals surface area contributed by atoms with Crippen LogP contribution in [0, 0.1) is 17.6 Å². The second-order valence-electron chi connectivity index (χ2n) is 6.06. The third-order valence-corrected chi connectivity index (χ3v) is 4.36. The van der Waals surface area contributed by atoms with Crippen LogP contribution in [0.15, 0.2) is 36.4 Å². The van der Waals surface area contributed by atoms with Crippen molar-refractivity contribution in [3.63, 3.8) is 0 Å². The Kier molecular flexibility index (Phi) is 5.25. The van der Waals surface area contributed by atoms with E-state index in [9.17, 15) is 18.4 Å². The third kappa shape index (κ3) is 3.84. The minimum Gasteiger partial charge on any atom is -0.493 e. The summed E-state index contributed by atoms with van der Waals surface area (Å²) in [5.41, 5.74) is 0.719. The van der Waals surface area contributed by atoms with E-state index in [1.807, 2.05) is 0 Å². The highest BCUT2D eigenvalue weighted by molar-refractivity contribution is 6.03. The predicted octanol–water partition coefficient (Wildman–Crippen LogP) is 2.97. The number of methoxy groups -OCH3 is 2. The topological polar surface area (TPSA) is 67.9 Å². The Bertz CT molecular complexity index is 888. The van der Waals surface area contributed by atoms with Gasteiger partial charge in [-0.3, -0.25) is 9.59 Å². The molecule has 1 aliphatic rings. The second kappa shape index (κ2) is 7.61. The van der Waals surface area contributed by atoms with E-state index in [2.05, 4.69) is 5.32 Å². The molecule has 2 aromatic carbocycles. The molecule has 0 spiro atoms. The van der Waals surface area contributed by atoms with Gasteiger partial charge in [-0.15, -0.1) is 0 Å². The maximum Gasteiger partial charge on any atom is 0.229 e. The van der Waals surface area contributed by atoms with Crippen LogP contribution in [0.2, 0.25) is 0 Å². The largest absolute Gasteiger partial charge is 0.493 e. The van der Waals surface area contributed by atoms with Gasteiger partial charge in [0, 0.05) is 36.5 Å². The summed E-state index contributed by atoms with van der Waals surface area (Å²) in [7, 11) is 3.00. The first kappa shape index (κ1) is 18.6. The summed E-state index contributed by atoms with van der Waals surface area (Å²) in [4.78, 5) is 26.2. The van der Waals surface area contributed by atoms with Crippen molar-refractivity contribution in [3.05, 3.63) is 48.0 Å². The first-order valence-corrected chi connectivity index (χ1v) is 8.21. The van der Waals surface area contributed by atoms with Crippen molar-refractivity contribution >= 4 is 23.2 Å². The molecule has 6 nitrogen and oxygen atoms in total. The summed E-state index contributed by atoms with van der Waals surface area (Å²) in [5.74, 6) is -2.31. The average molecular weight is 376 g/mol. The van der Waals surface area contributed by atoms with Crippen molar-refractivity contribution in [2.24, 2.45) is 5.92 Å². The monoisotopic (exact) mass is 376 g/mol. The first-order valence-electron chi connectivity index (χ1n) is 8.21. The van der Waals surface area contributed by atoms with Crippen molar-refractivity contribution < 1.29 is 27.8 Å². The summed E-state index contributed by atoms with van der Waals surface area (Å²) < 4.78 is 36.7. The van der Waals surface area contributed by atoms with Crippen molar-refractivity contribution in [2.45, 2.75) is 6.42 Å². The Balaban J connectivity index is 1.73. The number of anilines is 2. The minimum atomic E-state index is -1.05. The molecule has 0 radical (unpaired) electrons. The summed E-state index contributed by atoms with van der Waals surface area (Å²) in [5, 5.41) is 2.52. The van der Waals surface area contributed by atoms with E-state index < -0.39 is 23.5 Å². The van der Waals surface area contributed by atoms with Crippen LogP contribution >= 0.6 is 0 Å². The average Bonchev–Trinajstić information content (AvgIpc) is 3.06. The number of carbonyl (C=O) groups excluding carboxylic acids is 2. The normalized spacial score (nSPS) is 16.4. The van der Waals surface area contributed by atoms with E-state index in [-0.39, 0.29) is 24.6 Å². The van der Waals surface area contributed by atoms with Gasteiger partial charge in [-0.2, -0.15) is 0 Å². The van der Waals surface area contributed by atoms with Gasteiger partial charge in [0.25, 0.3) is 0 Å². The molecule has 27 heavy (non-hydrogen) atoms. The number of hydrogen-bond donors (Lipinski definition) is 1. The molecule has 0 aromatic heterocycles. The number of rotatable bonds is 5. The highest BCUT2D eigenvalue weighted by Gasteiger charge is 2.35. The number of ether oxygens (including phenoxy) is 2. The SMILES string of the molecule is COc1ccc(N2CC(C(=O)Nc3ccc(F)c(F)c3)CC2=O)cc1OC. The molecule has 2 amide bonds. The molecule has 3 rings (SSSR count). The maximum atomic E-state index is 13.3. The molecule has 1 atom stereocenters. The summed E-state index contributed by atoms with van der Waals surface area (Å²) in [6.07, 6.45) is 0.0177. The zero-order chi connectivity index (χ0) is 19.6. The van der Waals surface area contributed by atoms with Gasteiger partial charge in [0.05, 0.1) is 20.1 Å². The maximum absolute atomic E-state index is 13.3. The van der Waals surface area contributed by atoms with Crippen molar-refractivity contribution in [2.75, 3.05) is 31.0 Å². The van der Waals surface area contributed by atoms with E-state index in [1.165, 1.54) is 25.2 Å². The van der Waals surface area contributed by atoms with Crippen LogP contribution in [-0.4, -0.2) is 32.6 Å². The second-order valence-corrected chi connectivity index (χ2v) is 6.06. The molecular formula is C19H18F2N2O4. The van der Waals surface area contributed by atoms with Crippen LogP contribution < -0.4 is 19.7 Å². The van der Waals surface area contributed by atoms with Crippen LogP contribution in [0.1, 0.15) is 6.42 Å². The van der Waals surface area contributed by atoms with E-state index >= 15 is 0 Å². The Labute approximate surface area is 154 Å². The number of nitrogens with one attached hydrogen (secondary N) is 1. The van der Waals surface area contributed by atoms with Crippen LogP contribution in [-0.2, 0) is 9.59 Å². The lowest BCUT2D eigenvalue weighted by Crippen LogP contribution is -2.28. The van der Waals surface area contributed by atoms with Crippen LogP contribution in [0.3, 0.4) is 0 Å². The highest BCUT2D eigenvalue weighted by Crippen LogP contribution is 2.34. The zero-order valence-corrected chi connectivity index (χ0v) is 14.8. The van der Waals surface area contributed by atoms with Crippen LogP contribution in [0.4, 0.5) is 20.2 Å². The molecule has 142 valence electrons. The number of hydrogen-bond acceptors (Lipinski definition) is 4. The number of halogens is 2. The predicted molar refractivity (Wildman–Crippen MR) is 95.0 cm³/mol. The molecular weight excluding hydrogens is 358 g/mol. The van der Waals surface area contributed by atoms with Gasteiger partial charge >= 0.3 is 0 Å². The number of carbonyl (C=O) groups is 2. The molecule has 1 unspecified atom stereocenters. The van der Waals surface area contributed by atoms with Gasteiger partial charge in [0.15, 0.2) is 23.1 Å². The molecule has 1 N–H and O–H groups in total. The molecule has 1 fully saturated rings. The van der Waals surface area contributed by atoms with Gasteiger partial charge in [-0.05, 0) is 24.3 Å². The first-order chi connectivity index (χ1) is 12.9. The summed E-state index contributed by atoms with van der Waals surface area (Å²) in [6.45, 7) is 0.170. The fourth-order valence-corrected chi connectivity index (χ4v) is 2.94. The number of amides is 2. The van der Waals surface area contributed by atoms with Gasteiger partial charge in [0.2, 0.25) is 11.8 Å². The smallest absolute Gasteiger partial charge is 0.229 e. The fraction of sp³-hybridized carbons (Fsp3) is 0.263. The van der Waals surface area contributed by atoms with Gasteiger partial charge < -0.3 is 19.7 Å². The molecule has 1 heterocycles. The Morgan fingerprint density at radius 1 is 1.07 bits per heavy atom. The lowest BCUT2D eigenvalue weighted by atomic mass is 10.1. The zero-order valence-electron chi connectivity index (χ0n) is 14.8. The van der Waals surface area contributed by atoms with Gasteiger partial charge in [-0.1, -0.05) is 0 Å².